The van der Waals surface area contributed by atoms with Crippen molar-refractivity contribution in [1.29, 1.82) is 0 Å². The summed E-state index contributed by atoms with van der Waals surface area (Å²) in [6.45, 7) is 2.05. The molecule has 0 heterocycles. The summed E-state index contributed by atoms with van der Waals surface area (Å²) in [4.78, 5) is 0. The number of phenols is 1. The van der Waals surface area contributed by atoms with E-state index in [2.05, 4.69) is 6.92 Å². The lowest BCUT2D eigenvalue weighted by molar-refractivity contribution is 0.211. The highest BCUT2D eigenvalue weighted by atomic mass is 35.5. The van der Waals surface area contributed by atoms with Gasteiger partial charge >= 0.3 is 0 Å². The summed E-state index contributed by atoms with van der Waals surface area (Å²) in [6, 6.07) is 4.92. The summed E-state index contributed by atoms with van der Waals surface area (Å²) in [5.41, 5.74) is 2.08. The number of halogens is 1. The minimum atomic E-state index is -0.548. The maximum atomic E-state index is 9.77. The van der Waals surface area contributed by atoms with Crippen molar-refractivity contribution in [3.05, 3.63) is 46.5 Å². The first-order valence-corrected chi connectivity index (χ1v) is 7.58. The quantitative estimate of drug-likeness (QED) is 0.638. The molecule has 1 atom stereocenters. The molecule has 0 amide bonds. The largest absolute Gasteiger partial charge is 0.508 e. The highest BCUT2D eigenvalue weighted by molar-refractivity contribution is 6.32. The van der Waals surface area contributed by atoms with Crippen LogP contribution in [0.15, 0.2) is 35.9 Å². The van der Waals surface area contributed by atoms with Crippen molar-refractivity contribution in [2.24, 2.45) is 0 Å². The summed E-state index contributed by atoms with van der Waals surface area (Å²) >= 11 is 6.11. The van der Waals surface area contributed by atoms with Crippen molar-refractivity contribution in [3.63, 3.8) is 0 Å². The van der Waals surface area contributed by atoms with E-state index in [4.69, 9.17) is 16.7 Å². The maximum absolute atomic E-state index is 9.77. The zero-order valence-electron chi connectivity index (χ0n) is 12.3. The molecule has 1 aromatic rings. The average Bonchev–Trinajstić information content (AvgIpc) is 2.45. The van der Waals surface area contributed by atoms with Crippen LogP contribution in [0.3, 0.4) is 0 Å². The van der Waals surface area contributed by atoms with Crippen molar-refractivity contribution in [1.82, 2.24) is 0 Å². The molecule has 0 aliphatic heterocycles. The Morgan fingerprint density at radius 1 is 1.33 bits per heavy atom. The minimum Gasteiger partial charge on any atom is -0.508 e. The van der Waals surface area contributed by atoms with Crippen LogP contribution in [0.2, 0.25) is 5.02 Å². The van der Waals surface area contributed by atoms with E-state index in [1.165, 1.54) is 11.6 Å². The summed E-state index contributed by atoms with van der Waals surface area (Å²) in [5, 5.41) is 28.3. The third-order valence-corrected chi connectivity index (χ3v) is 3.47. The minimum absolute atomic E-state index is 0.0577. The van der Waals surface area contributed by atoms with E-state index < -0.39 is 6.10 Å². The third-order valence-electron chi connectivity index (χ3n) is 3.14. The first-order chi connectivity index (χ1) is 10.1. The Labute approximate surface area is 131 Å². The molecule has 0 aliphatic carbocycles. The molecule has 0 saturated carbocycles. The fourth-order valence-corrected chi connectivity index (χ4v) is 2.32. The van der Waals surface area contributed by atoms with Crippen molar-refractivity contribution < 1.29 is 15.3 Å². The Balaban J connectivity index is 2.76. The lowest BCUT2D eigenvalue weighted by Gasteiger charge is -2.10. The van der Waals surface area contributed by atoms with Crippen molar-refractivity contribution in [3.8, 4) is 5.75 Å². The van der Waals surface area contributed by atoms with E-state index in [0.717, 1.165) is 24.8 Å². The van der Waals surface area contributed by atoms with Gasteiger partial charge in [-0.1, -0.05) is 48.7 Å². The van der Waals surface area contributed by atoms with Crippen LogP contribution in [0.4, 0.5) is 0 Å². The number of allylic oxidation sites excluding steroid dienone is 1. The summed E-state index contributed by atoms with van der Waals surface area (Å²) in [5.74, 6) is 0.152. The molecule has 0 radical (unpaired) electrons. The molecule has 21 heavy (non-hydrogen) atoms. The second kappa shape index (κ2) is 9.61. The number of aromatic hydroxyl groups is 1. The van der Waals surface area contributed by atoms with E-state index in [1.807, 2.05) is 6.08 Å². The molecule has 0 saturated heterocycles. The molecule has 3 N–H and O–H groups in total. The van der Waals surface area contributed by atoms with Crippen LogP contribution < -0.4 is 0 Å². The van der Waals surface area contributed by atoms with Gasteiger partial charge in [-0.15, -0.1) is 0 Å². The van der Waals surface area contributed by atoms with Gasteiger partial charge in [0.15, 0.2) is 0 Å². The van der Waals surface area contributed by atoms with E-state index in [9.17, 15) is 10.2 Å². The van der Waals surface area contributed by atoms with Crippen LogP contribution >= 0.6 is 11.6 Å². The van der Waals surface area contributed by atoms with E-state index in [0.29, 0.717) is 11.4 Å². The van der Waals surface area contributed by atoms with Gasteiger partial charge in [0.2, 0.25) is 0 Å². The number of phenolic OH excluding ortho intramolecular Hbond substituents is 1. The number of hydrogen-bond acceptors (Lipinski definition) is 3. The van der Waals surface area contributed by atoms with Crippen LogP contribution in [-0.2, 0) is 0 Å². The molecule has 0 aliphatic rings. The van der Waals surface area contributed by atoms with Gasteiger partial charge in [-0.05, 0) is 43.0 Å². The van der Waals surface area contributed by atoms with E-state index >= 15 is 0 Å². The molecule has 116 valence electrons. The molecule has 1 rings (SSSR count). The van der Waals surface area contributed by atoms with Crippen LogP contribution in [-0.4, -0.2) is 28.0 Å². The van der Waals surface area contributed by atoms with Gasteiger partial charge in [0.05, 0.1) is 17.7 Å². The van der Waals surface area contributed by atoms with E-state index in [-0.39, 0.29) is 12.4 Å². The molecule has 4 heteroatoms. The predicted octanol–water partition coefficient (Wildman–Crippen LogP) is 3.92. The fourth-order valence-electron chi connectivity index (χ4n) is 2.09. The third kappa shape index (κ3) is 6.80. The highest BCUT2D eigenvalue weighted by Gasteiger charge is 2.05. The predicted molar refractivity (Wildman–Crippen MR) is 87.5 cm³/mol. The molecule has 0 aromatic heterocycles. The highest BCUT2D eigenvalue weighted by Crippen LogP contribution is 2.26. The lowest BCUT2D eigenvalue weighted by Crippen LogP contribution is -2.03. The van der Waals surface area contributed by atoms with Crippen LogP contribution in [0, 0.1) is 0 Å². The van der Waals surface area contributed by atoms with Crippen molar-refractivity contribution in [2.75, 3.05) is 6.61 Å². The van der Waals surface area contributed by atoms with E-state index in [1.54, 1.807) is 24.3 Å². The maximum Gasteiger partial charge on any atom is 0.117 e. The van der Waals surface area contributed by atoms with Crippen LogP contribution in [0.1, 0.15) is 38.2 Å². The number of hydrogen-bond donors (Lipinski definition) is 3. The monoisotopic (exact) mass is 310 g/mol. The zero-order valence-corrected chi connectivity index (χ0v) is 13.1. The summed E-state index contributed by atoms with van der Waals surface area (Å²) in [6.07, 6.45) is 7.96. The standard InChI is InChI=1S/C17H23ClO3/c1-2-4-13(6-8-15(20)5-3-10-19)11-14-7-9-16(21)12-17(14)18/h3,5,7,9,11-12,15,19-21H,2,4,6,8,10H2,1H3/b5-3-,13-11+/t15-/m0/s1. The molecule has 1 aromatic carbocycles. The van der Waals surface area contributed by atoms with Crippen molar-refractivity contribution >= 4 is 17.7 Å². The second-order valence-corrected chi connectivity index (χ2v) is 5.38. The summed E-state index contributed by atoms with van der Waals surface area (Å²) in [7, 11) is 0. The Morgan fingerprint density at radius 3 is 2.71 bits per heavy atom. The molecular formula is C17H23ClO3. The Bertz CT molecular complexity index is 495. The smallest absolute Gasteiger partial charge is 0.117 e. The number of benzene rings is 1. The molecule has 0 fully saturated rings. The normalized spacial score (nSPS) is 13.8. The SMILES string of the molecule is CCC/C(=C\c1ccc(O)cc1Cl)CC[C@@H](O)/C=C\CO. The number of aliphatic hydroxyl groups excluding tert-OH is 2. The van der Waals surface area contributed by atoms with Gasteiger partial charge in [-0.2, -0.15) is 0 Å². The van der Waals surface area contributed by atoms with Crippen LogP contribution in [0.25, 0.3) is 6.08 Å². The zero-order chi connectivity index (χ0) is 15.7. The van der Waals surface area contributed by atoms with Gasteiger partial charge in [0.25, 0.3) is 0 Å². The second-order valence-electron chi connectivity index (χ2n) is 4.98. The summed E-state index contributed by atoms with van der Waals surface area (Å²) < 4.78 is 0. The molecule has 0 spiro atoms. The number of aliphatic hydroxyl groups is 2. The fraction of sp³-hybridized carbons (Fsp3) is 0.412. The first kappa shape index (κ1) is 17.8. The van der Waals surface area contributed by atoms with Gasteiger partial charge in [0.1, 0.15) is 5.75 Å². The van der Waals surface area contributed by atoms with Gasteiger partial charge in [-0.3, -0.25) is 0 Å². The van der Waals surface area contributed by atoms with Crippen LogP contribution in [0.5, 0.6) is 5.75 Å². The topological polar surface area (TPSA) is 60.7 Å². The van der Waals surface area contributed by atoms with Gasteiger partial charge in [-0.25, -0.2) is 0 Å². The van der Waals surface area contributed by atoms with Gasteiger partial charge < -0.3 is 15.3 Å². The molecule has 0 bridgehead atoms. The molecule has 0 unspecified atom stereocenters. The average molecular weight is 311 g/mol. The molecule has 3 nitrogen and oxygen atoms in total. The Hall–Kier alpha value is -1.29. The first-order valence-electron chi connectivity index (χ1n) is 7.20. The van der Waals surface area contributed by atoms with Crippen molar-refractivity contribution in [2.45, 2.75) is 38.7 Å². The Kier molecular flexibility index (Phi) is 8.13. The van der Waals surface area contributed by atoms with Gasteiger partial charge in [0, 0.05) is 0 Å². The lowest BCUT2D eigenvalue weighted by atomic mass is 10.00. The Morgan fingerprint density at radius 2 is 2.10 bits per heavy atom. The number of rotatable bonds is 8. The molecular weight excluding hydrogens is 288 g/mol.